The molecule has 0 spiro atoms. The maximum atomic E-state index is 12.6. The molecular weight excluding hydrogens is 395 g/mol. The highest BCUT2D eigenvalue weighted by Gasteiger charge is 2.32. The zero-order chi connectivity index (χ0) is 17.7. The standard InChI is InChI=1S/C15H11Cl3N2O3S/c16-10-6-8-11(9-7-10)19-20-15(13(21)14(17)18)24(22,23)12-4-2-1-3-5-12/h1-9,14,19H/b20-15+. The van der Waals surface area contributed by atoms with Crippen LogP contribution in [0.1, 0.15) is 0 Å². The highest BCUT2D eigenvalue weighted by Crippen LogP contribution is 2.18. The molecule has 9 heteroatoms. The Kier molecular flexibility index (Phi) is 6.23. The normalized spacial score (nSPS) is 12.2. The van der Waals surface area contributed by atoms with E-state index in [0.717, 1.165) is 0 Å². The lowest BCUT2D eigenvalue weighted by Crippen LogP contribution is -2.30. The average Bonchev–Trinajstić information content (AvgIpc) is 2.57. The topological polar surface area (TPSA) is 75.6 Å². The zero-order valence-corrected chi connectivity index (χ0v) is 15.1. The molecule has 0 atom stereocenters. The first-order chi connectivity index (χ1) is 11.3. The fraction of sp³-hybridized carbons (Fsp3) is 0.0667. The Morgan fingerprint density at radius 2 is 1.58 bits per heavy atom. The van der Waals surface area contributed by atoms with E-state index in [-0.39, 0.29) is 4.90 Å². The molecule has 1 N–H and O–H groups in total. The molecule has 0 fully saturated rings. The van der Waals surface area contributed by atoms with Gasteiger partial charge in [-0.2, -0.15) is 5.10 Å². The van der Waals surface area contributed by atoms with Gasteiger partial charge in [0.2, 0.25) is 20.7 Å². The molecule has 5 nitrogen and oxygen atoms in total. The Balaban J connectivity index is 2.43. The number of halogens is 3. The summed E-state index contributed by atoms with van der Waals surface area (Å²) in [5.74, 6) is -1.02. The van der Waals surface area contributed by atoms with Gasteiger partial charge in [-0.3, -0.25) is 10.2 Å². The van der Waals surface area contributed by atoms with Crippen LogP contribution in [0.5, 0.6) is 0 Å². The number of carbonyl (C=O) groups is 1. The Morgan fingerprint density at radius 1 is 1.00 bits per heavy atom. The molecule has 0 bridgehead atoms. The summed E-state index contributed by atoms with van der Waals surface area (Å²) in [6, 6.07) is 13.7. The third-order valence-corrected chi connectivity index (χ3v) is 5.19. The van der Waals surface area contributed by atoms with E-state index in [1.165, 1.54) is 24.3 Å². The second-order valence-corrected chi connectivity index (χ2v) is 7.91. The first-order valence-electron chi connectivity index (χ1n) is 6.54. The number of rotatable bonds is 5. The van der Waals surface area contributed by atoms with Gasteiger partial charge in [-0.15, -0.1) is 0 Å². The summed E-state index contributed by atoms with van der Waals surface area (Å²) in [6.45, 7) is 0. The SMILES string of the molecule is O=C(/C(=N\Nc1ccc(Cl)cc1)S(=O)(=O)c1ccccc1)C(Cl)Cl. The molecule has 0 aliphatic heterocycles. The van der Waals surface area contributed by atoms with Crippen LogP contribution >= 0.6 is 34.8 Å². The van der Waals surface area contributed by atoms with Gasteiger partial charge in [-0.25, -0.2) is 8.42 Å². The molecule has 0 unspecified atom stereocenters. The van der Waals surface area contributed by atoms with Crippen molar-refractivity contribution >= 4 is 61.2 Å². The molecule has 0 amide bonds. The molecule has 2 aromatic rings. The van der Waals surface area contributed by atoms with Gasteiger partial charge >= 0.3 is 0 Å². The van der Waals surface area contributed by atoms with E-state index in [0.29, 0.717) is 10.7 Å². The van der Waals surface area contributed by atoms with E-state index in [2.05, 4.69) is 10.5 Å². The number of hydrogen-bond donors (Lipinski definition) is 1. The van der Waals surface area contributed by atoms with E-state index in [1.807, 2.05) is 0 Å². The van der Waals surface area contributed by atoms with Crippen LogP contribution in [0.15, 0.2) is 64.6 Å². The van der Waals surface area contributed by atoms with Crippen LogP contribution in [0.2, 0.25) is 5.02 Å². The summed E-state index contributed by atoms with van der Waals surface area (Å²) < 4.78 is 25.2. The van der Waals surface area contributed by atoms with Crippen molar-refractivity contribution in [2.75, 3.05) is 5.43 Å². The monoisotopic (exact) mass is 404 g/mol. The van der Waals surface area contributed by atoms with E-state index in [1.54, 1.807) is 30.3 Å². The van der Waals surface area contributed by atoms with Gasteiger partial charge in [0.25, 0.3) is 0 Å². The molecule has 0 saturated carbocycles. The van der Waals surface area contributed by atoms with Gasteiger partial charge in [0.05, 0.1) is 10.6 Å². The largest absolute Gasteiger partial charge is 0.288 e. The average molecular weight is 406 g/mol. The van der Waals surface area contributed by atoms with E-state index in [9.17, 15) is 13.2 Å². The van der Waals surface area contributed by atoms with Crippen molar-refractivity contribution in [3.8, 4) is 0 Å². The predicted octanol–water partition coefficient (Wildman–Crippen LogP) is 3.91. The highest BCUT2D eigenvalue weighted by atomic mass is 35.5. The van der Waals surface area contributed by atoms with Crippen molar-refractivity contribution in [3.63, 3.8) is 0 Å². The number of ketones is 1. The van der Waals surface area contributed by atoms with Crippen LogP contribution in [0.25, 0.3) is 0 Å². The van der Waals surface area contributed by atoms with Crippen molar-refractivity contribution in [1.29, 1.82) is 0 Å². The van der Waals surface area contributed by atoms with Gasteiger partial charge < -0.3 is 0 Å². The molecule has 0 radical (unpaired) electrons. The van der Waals surface area contributed by atoms with E-state index >= 15 is 0 Å². The van der Waals surface area contributed by atoms with Gasteiger partial charge in [0.1, 0.15) is 0 Å². The number of Topliss-reactive ketones (excluding diaryl/α,β-unsaturated/α-hetero) is 1. The first-order valence-corrected chi connectivity index (χ1v) is 9.27. The number of benzene rings is 2. The molecular formula is C15H11Cl3N2O3S. The summed E-state index contributed by atoms with van der Waals surface area (Å²) in [4.78, 5) is 10.4. The Hall–Kier alpha value is -1.60. The smallest absolute Gasteiger partial charge is 0.229 e. The Bertz CT molecular complexity index is 851. The molecule has 126 valence electrons. The highest BCUT2D eigenvalue weighted by molar-refractivity contribution is 8.08. The molecule has 24 heavy (non-hydrogen) atoms. The van der Waals surface area contributed by atoms with Crippen LogP contribution in [-0.4, -0.2) is 24.1 Å². The second-order valence-electron chi connectivity index (χ2n) is 4.52. The van der Waals surface area contributed by atoms with Crippen LogP contribution < -0.4 is 5.43 Å². The lowest BCUT2D eigenvalue weighted by Gasteiger charge is -2.09. The first kappa shape index (κ1) is 18.7. The Labute approximate surface area is 154 Å². The number of carbonyl (C=O) groups excluding carboxylic acids is 1. The lowest BCUT2D eigenvalue weighted by atomic mass is 10.3. The van der Waals surface area contributed by atoms with Crippen molar-refractivity contribution in [2.24, 2.45) is 5.10 Å². The predicted molar refractivity (Wildman–Crippen MR) is 96.6 cm³/mol. The van der Waals surface area contributed by atoms with Gasteiger partial charge in [0, 0.05) is 5.02 Å². The Morgan fingerprint density at radius 3 is 2.12 bits per heavy atom. The minimum absolute atomic E-state index is 0.0935. The van der Waals surface area contributed by atoms with E-state index in [4.69, 9.17) is 34.8 Å². The van der Waals surface area contributed by atoms with Crippen molar-refractivity contribution < 1.29 is 13.2 Å². The number of hydrazone groups is 1. The number of alkyl halides is 2. The molecule has 2 aromatic carbocycles. The number of nitrogens with zero attached hydrogens (tertiary/aromatic N) is 1. The maximum absolute atomic E-state index is 12.6. The molecule has 0 saturated heterocycles. The zero-order valence-electron chi connectivity index (χ0n) is 12.0. The molecule has 0 aromatic heterocycles. The minimum Gasteiger partial charge on any atom is -0.288 e. The summed E-state index contributed by atoms with van der Waals surface area (Å²) in [6.07, 6.45) is 0. The summed E-state index contributed by atoms with van der Waals surface area (Å²) in [5.41, 5.74) is 2.93. The fourth-order valence-corrected chi connectivity index (χ4v) is 3.44. The fourth-order valence-electron chi connectivity index (χ4n) is 1.69. The lowest BCUT2D eigenvalue weighted by molar-refractivity contribution is -0.111. The van der Waals surface area contributed by atoms with Gasteiger partial charge in [-0.1, -0.05) is 53.0 Å². The van der Waals surface area contributed by atoms with Crippen molar-refractivity contribution in [1.82, 2.24) is 0 Å². The number of sulfone groups is 1. The van der Waals surface area contributed by atoms with Gasteiger partial charge in [-0.05, 0) is 36.4 Å². The minimum atomic E-state index is -4.18. The molecule has 2 rings (SSSR count). The van der Waals surface area contributed by atoms with Crippen LogP contribution in [0.4, 0.5) is 5.69 Å². The summed E-state index contributed by atoms with van der Waals surface area (Å²) in [7, 11) is -4.18. The quantitative estimate of drug-likeness (QED) is 0.354. The number of nitrogens with one attached hydrogen (secondary N) is 1. The summed E-state index contributed by atoms with van der Waals surface area (Å²) >= 11 is 16.9. The van der Waals surface area contributed by atoms with E-state index < -0.39 is 25.5 Å². The van der Waals surface area contributed by atoms with Crippen molar-refractivity contribution in [3.05, 3.63) is 59.6 Å². The molecule has 0 heterocycles. The van der Waals surface area contributed by atoms with Crippen LogP contribution in [0, 0.1) is 0 Å². The number of hydrogen-bond acceptors (Lipinski definition) is 5. The van der Waals surface area contributed by atoms with Gasteiger partial charge in [0.15, 0.2) is 4.84 Å². The molecule has 0 aliphatic carbocycles. The molecule has 0 aliphatic rings. The maximum Gasteiger partial charge on any atom is 0.229 e. The van der Waals surface area contributed by atoms with Crippen LogP contribution in [-0.2, 0) is 14.6 Å². The van der Waals surface area contributed by atoms with Crippen molar-refractivity contribution in [2.45, 2.75) is 9.73 Å². The summed E-state index contributed by atoms with van der Waals surface area (Å²) in [5, 5.41) is 3.43. The van der Waals surface area contributed by atoms with Crippen LogP contribution in [0.3, 0.4) is 0 Å². The second kappa shape index (κ2) is 7.98. The third kappa shape index (κ3) is 4.48. The number of anilines is 1. The third-order valence-electron chi connectivity index (χ3n) is 2.85.